The highest BCUT2D eigenvalue weighted by Crippen LogP contribution is 2.51. The van der Waals surface area contributed by atoms with Gasteiger partial charge in [-0.15, -0.1) is 0 Å². The number of benzene rings is 2. The summed E-state index contributed by atoms with van der Waals surface area (Å²) < 4.78 is 17.2. The fourth-order valence-electron chi connectivity index (χ4n) is 5.78. The minimum atomic E-state index is -1.26. The van der Waals surface area contributed by atoms with E-state index in [-0.39, 0.29) is 55.6 Å². The monoisotopic (exact) mass is 594 g/mol. The van der Waals surface area contributed by atoms with Crippen LogP contribution in [-0.4, -0.2) is 91.2 Å². The maximum Gasteiger partial charge on any atom is 0.247 e. The molecule has 230 valence electrons. The van der Waals surface area contributed by atoms with Crippen LogP contribution in [0.25, 0.3) is 0 Å². The van der Waals surface area contributed by atoms with E-state index in [2.05, 4.69) is 5.32 Å². The van der Waals surface area contributed by atoms with Gasteiger partial charge in [0.15, 0.2) is 11.5 Å². The van der Waals surface area contributed by atoms with E-state index in [0.29, 0.717) is 41.8 Å². The first-order chi connectivity index (χ1) is 20.7. The molecule has 43 heavy (non-hydrogen) atoms. The largest absolute Gasteiger partial charge is 0.496 e. The highest BCUT2D eigenvalue weighted by molar-refractivity contribution is 5.96. The zero-order valence-electron chi connectivity index (χ0n) is 24.6. The third-order valence-corrected chi connectivity index (χ3v) is 7.83. The summed E-state index contributed by atoms with van der Waals surface area (Å²) in [6.45, 7) is 1.36. The number of para-hydroxylation sites is 1. The van der Waals surface area contributed by atoms with Gasteiger partial charge >= 0.3 is 0 Å². The number of hydrogen-bond donors (Lipinski definition) is 3. The van der Waals surface area contributed by atoms with Crippen molar-refractivity contribution in [2.24, 2.45) is 0 Å². The Morgan fingerprint density at radius 1 is 1.09 bits per heavy atom. The summed E-state index contributed by atoms with van der Waals surface area (Å²) in [6.07, 6.45) is 1.05. The number of carbonyl (C=O) groups excluding carboxylic acids is 4. The van der Waals surface area contributed by atoms with Gasteiger partial charge in [0.2, 0.25) is 11.8 Å². The Morgan fingerprint density at radius 3 is 2.51 bits per heavy atom. The van der Waals surface area contributed by atoms with Gasteiger partial charge in [-0.1, -0.05) is 18.2 Å². The van der Waals surface area contributed by atoms with Crippen LogP contribution in [0.5, 0.6) is 17.2 Å². The number of Topliss-reactive ketones (excluding diaryl/α,β-unsaturated/α-hetero) is 1. The smallest absolute Gasteiger partial charge is 0.247 e. The van der Waals surface area contributed by atoms with E-state index in [4.69, 9.17) is 14.2 Å². The number of methoxy groups -OCH3 is 2. The van der Waals surface area contributed by atoms with E-state index in [0.717, 1.165) is 5.56 Å². The van der Waals surface area contributed by atoms with Crippen molar-refractivity contribution < 1.29 is 43.6 Å². The van der Waals surface area contributed by atoms with Crippen LogP contribution in [0, 0.1) is 0 Å². The molecule has 0 saturated heterocycles. The Kier molecular flexibility index (Phi) is 10.5. The van der Waals surface area contributed by atoms with Gasteiger partial charge in [-0.05, 0) is 49.6 Å². The topological polar surface area (TPSA) is 152 Å². The fraction of sp³-hybridized carbons (Fsp3) is 0.438. The molecule has 11 heteroatoms. The molecule has 2 amide bonds. The lowest BCUT2D eigenvalue weighted by atomic mass is 9.77. The molecule has 3 N–H and O–H groups in total. The Balaban J connectivity index is 1.76. The molecule has 0 unspecified atom stereocenters. The van der Waals surface area contributed by atoms with E-state index in [1.807, 2.05) is 24.3 Å². The molecular weight excluding hydrogens is 556 g/mol. The Hall–Kier alpha value is -4.22. The summed E-state index contributed by atoms with van der Waals surface area (Å²) in [5, 5.41) is 23.8. The lowest BCUT2D eigenvalue weighted by molar-refractivity contribution is -0.137. The van der Waals surface area contributed by atoms with Crippen molar-refractivity contribution in [1.29, 1.82) is 0 Å². The number of aliphatic hydroxyl groups is 2. The predicted molar refractivity (Wildman–Crippen MR) is 156 cm³/mol. The second kappa shape index (κ2) is 14.3. The third kappa shape index (κ3) is 6.89. The Bertz CT molecular complexity index is 1390. The number of aldehydes is 1. The standard InChI is InChI=1S/C32H38N2O9/c1-19(37)7-6-10-27(38)34(13-11-21-8-4-5-9-25(21)41-2)24-17-23(32(40)33-12-14-35)28-22-15-20(18-36)16-26(42-3)30(22)43-31(28)29(24)39/h4-5,8-9,15-18,24,28-29,31,35,39H,6-7,10-14H2,1-3H3,(H,33,40)/t24-,28+,29+,31+/m1/s1. The normalized spacial score (nSPS) is 20.2. The van der Waals surface area contributed by atoms with Gasteiger partial charge in [-0.3, -0.25) is 14.4 Å². The summed E-state index contributed by atoms with van der Waals surface area (Å²) in [7, 11) is 2.99. The molecule has 1 aliphatic heterocycles. The minimum Gasteiger partial charge on any atom is -0.496 e. The first kappa shape index (κ1) is 31.7. The van der Waals surface area contributed by atoms with Crippen molar-refractivity contribution in [3.05, 3.63) is 64.7 Å². The average Bonchev–Trinajstić information content (AvgIpc) is 3.40. The highest BCUT2D eigenvalue weighted by Gasteiger charge is 2.51. The molecule has 0 fully saturated rings. The minimum absolute atomic E-state index is 0.00626. The maximum absolute atomic E-state index is 13.7. The molecule has 2 aliphatic rings. The number of nitrogens with one attached hydrogen (secondary N) is 1. The molecule has 0 spiro atoms. The van der Waals surface area contributed by atoms with Crippen LogP contribution in [0.4, 0.5) is 0 Å². The first-order valence-corrected chi connectivity index (χ1v) is 14.3. The van der Waals surface area contributed by atoms with Crippen LogP contribution in [0.2, 0.25) is 0 Å². The fourth-order valence-corrected chi connectivity index (χ4v) is 5.78. The molecule has 0 aromatic heterocycles. The predicted octanol–water partition coefficient (Wildman–Crippen LogP) is 1.97. The number of fused-ring (bicyclic) bond motifs is 3. The van der Waals surface area contributed by atoms with Gasteiger partial charge in [0.25, 0.3) is 0 Å². The zero-order chi connectivity index (χ0) is 31.1. The molecule has 4 atom stereocenters. The van der Waals surface area contributed by atoms with Crippen LogP contribution < -0.4 is 19.5 Å². The van der Waals surface area contributed by atoms with Crippen molar-refractivity contribution in [3.63, 3.8) is 0 Å². The van der Waals surface area contributed by atoms with E-state index in [1.165, 1.54) is 25.0 Å². The molecule has 2 aromatic carbocycles. The van der Waals surface area contributed by atoms with Crippen LogP contribution >= 0.6 is 0 Å². The maximum atomic E-state index is 13.7. The molecule has 0 bridgehead atoms. The van der Waals surface area contributed by atoms with E-state index in [9.17, 15) is 29.4 Å². The molecule has 11 nitrogen and oxygen atoms in total. The average molecular weight is 595 g/mol. The molecule has 2 aromatic rings. The lowest BCUT2D eigenvalue weighted by Gasteiger charge is -2.41. The SMILES string of the molecule is COc1ccccc1CCN(C(=O)CCCC(C)=O)[C@@H]1C=C(C(=O)NCCO)[C@@H]2c3cc(C=O)cc(OC)c3O[C@@H]2[C@H]1O. The number of hydrogen-bond acceptors (Lipinski definition) is 9. The van der Waals surface area contributed by atoms with Gasteiger partial charge in [-0.2, -0.15) is 0 Å². The second-order valence-corrected chi connectivity index (χ2v) is 10.6. The number of amides is 2. The summed E-state index contributed by atoms with van der Waals surface area (Å²) in [4.78, 5) is 52.0. The van der Waals surface area contributed by atoms with Crippen LogP contribution in [-0.2, 0) is 20.8 Å². The second-order valence-electron chi connectivity index (χ2n) is 10.6. The Labute approximate surface area is 250 Å². The van der Waals surface area contributed by atoms with E-state index >= 15 is 0 Å². The number of ketones is 1. The number of aliphatic hydroxyl groups excluding tert-OH is 2. The van der Waals surface area contributed by atoms with Crippen molar-refractivity contribution in [1.82, 2.24) is 10.2 Å². The van der Waals surface area contributed by atoms with E-state index in [1.54, 1.807) is 19.3 Å². The zero-order valence-corrected chi connectivity index (χ0v) is 24.6. The Morgan fingerprint density at radius 2 is 1.84 bits per heavy atom. The number of carbonyl (C=O) groups is 4. The molecule has 0 saturated carbocycles. The quantitative estimate of drug-likeness (QED) is 0.279. The number of nitrogens with zero attached hydrogens (tertiary/aromatic N) is 1. The number of rotatable bonds is 14. The van der Waals surface area contributed by atoms with Gasteiger partial charge in [-0.25, -0.2) is 0 Å². The third-order valence-electron chi connectivity index (χ3n) is 7.83. The summed E-state index contributed by atoms with van der Waals surface area (Å²) >= 11 is 0. The summed E-state index contributed by atoms with van der Waals surface area (Å²) in [5.41, 5.74) is 1.90. The molecular formula is C32H38N2O9. The molecule has 1 heterocycles. The lowest BCUT2D eigenvalue weighted by Crippen LogP contribution is -2.56. The van der Waals surface area contributed by atoms with Gasteiger partial charge < -0.3 is 39.4 Å². The summed E-state index contributed by atoms with van der Waals surface area (Å²) in [5.74, 6) is -0.348. The molecule has 0 radical (unpaired) electrons. The van der Waals surface area contributed by atoms with E-state index < -0.39 is 30.1 Å². The van der Waals surface area contributed by atoms with Crippen LogP contribution in [0.1, 0.15) is 53.6 Å². The first-order valence-electron chi connectivity index (χ1n) is 14.3. The molecule has 1 aliphatic carbocycles. The van der Waals surface area contributed by atoms with Gasteiger partial charge in [0.1, 0.15) is 30.0 Å². The summed E-state index contributed by atoms with van der Waals surface area (Å²) in [6, 6.07) is 9.58. The molecule has 4 rings (SSSR count). The van der Waals surface area contributed by atoms with Crippen molar-refractivity contribution in [3.8, 4) is 17.2 Å². The van der Waals surface area contributed by atoms with Crippen molar-refractivity contribution in [2.75, 3.05) is 33.9 Å². The van der Waals surface area contributed by atoms with Crippen molar-refractivity contribution >= 4 is 23.9 Å². The van der Waals surface area contributed by atoms with Gasteiger partial charge in [0, 0.05) is 42.6 Å². The van der Waals surface area contributed by atoms with Crippen molar-refractivity contribution in [2.45, 2.75) is 56.8 Å². The van der Waals surface area contributed by atoms with Gasteiger partial charge in [0.05, 0.1) is 32.8 Å². The highest BCUT2D eigenvalue weighted by atomic mass is 16.5. The van der Waals surface area contributed by atoms with Crippen LogP contribution in [0.3, 0.4) is 0 Å². The van der Waals surface area contributed by atoms with Crippen LogP contribution in [0.15, 0.2) is 48.0 Å². The number of ether oxygens (including phenoxy) is 3.